The maximum Gasteiger partial charge on any atom is 0.322 e. The Morgan fingerprint density at radius 3 is 2.44 bits per heavy atom. The molecule has 1 saturated carbocycles. The van der Waals surface area contributed by atoms with E-state index < -0.39 is 5.82 Å². The first-order valence-electron chi connectivity index (χ1n) is 8.83. The van der Waals surface area contributed by atoms with E-state index in [2.05, 4.69) is 22.3 Å². The van der Waals surface area contributed by atoms with Crippen LogP contribution >= 0.6 is 0 Å². The van der Waals surface area contributed by atoms with E-state index in [-0.39, 0.29) is 17.8 Å². The van der Waals surface area contributed by atoms with E-state index in [0.29, 0.717) is 12.6 Å². The van der Waals surface area contributed by atoms with Crippen LogP contribution in [0.2, 0.25) is 0 Å². The molecule has 2 aromatic rings. The molecule has 0 bridgehead atoms. The van der Waals surface area contributed by atoms with Crippen LogP contribution in [0.25, 0.3) is 0 Å². The molecule has 2 amide bonds. The summed E-state index contributed by atoms with van der Waals surface area (Å²) in [7, 11) is 0. The minimum Gasteiger partial charge on any atom is -0.315 e. The lowest BCUT2D eigenvalue weighted by atomic mass is 10.0. The Morgan fingerprint density at radius 1 is 1.00 bits per heavy atom. The number of amides is 2. The molecule has 1 heterocycles. The van der Waals surface area contributed by atoms with Gasteiger partial charge in [-0.25, -0.2) is 9.18 Å². The van der Waals surface area contributed by atoms with Crippen LogP contribution in [-0.4, -0.2) is 41.5 Å². The molecule has 1 N–H and O–H groups in total. The highest BCUT2D eigenvalue weighted by Crippen LogP contribution is 2.33. The van der Waals surface area contributed by atoms with Crippen molar-refractivity contribution in [2.45, 2.75) is 24.9 Å². The quantitative estimate of drug-likeness (QED) is 0.921. The number of nitrogens with one attached hydrogen (secondary N) is 1. The number of carbonyl (C=O) groups excluding carboxylic acids is 1. The van der Waals surface area contributed by atoms with Gasteiger partial charge in [0.05, 0.1) is 11.7 Å². The van der Waals surface area contributed by atoms with Crippen molar-refractivity contribution >= 4 is 11.7 Å². The van der Waals surface area contributed by atoms with Crippen molar-refractivity contribution in [2.24, 2.45) is 0 Å². The topological polar surface area (TPSA) is 35.6 Å². The van der Waals surface area contributed by atoms with Crippen molar-refractivity contribution in [3.8, 4) is 0 Å². The van der Waals surface area contributed by atoms with Crippen LogP contribution in [0.15, 0.2) is 54.6 Å². The molecule has 2 fully saturated rings. The Hall–Kier alpha value is -2.40. The first-order chi connectivity index (χ1) is 12.2. The van der Waals surface area contributed by atoms with E-state index in [1.54, 1.807) is 18.2 Å². The third kappa shape index (κ3) is 3.51. The first-order valence-corrected chi connectivity index (χ1v) is 8.83. The smallest absolute Gasteiger partial charge is 0.315 e. The number of piperazine rings is 1. The molecular weight excluding hydrogens is 317 g/mol. The average Bonchev–Trinajstić information content (AvgIpc) is 3.49. The monoisotopic (exact) mass is 339 g/mol. The van der Waals surface area contributed by atoms with Crippen LogP contribution in [0.4, 0.5) is 14.9 Å². The molecule has 0 spiro atoms. The highest BCUT2D eigenvalue weighted by atomic mass is 19.1. The van der Waals surface area contributed by atoms with E-state index in [1.807, 2.05) is 23.1 Å². The number of carbonyl (C=O) groups is 1. The number of nitrogens with zero attached hydrogens (tertiary/aromatic N) is 2. The van der Waals surface area contributed by atoms with Gasteiger partial charge in [0.2, 0.25) is 0 Å². The normalized spacial score (nSPS) is 21.2. The highest BCUT2D eigenvalue weighted by Gasteiger charge is 2.37. The summed E-state index contributed by atoms with van der Waals surface area (Å²) in [5, 5.41) is 2.73. The number of hydrogen-bond donors (Lipinski definition) is 1. The number of halogens is 1. The molecule has 1 saturated heterocycles. The van der Waals surface area contributed by atoms with Gasteiger partial charge < -0.3 is 10.2 Å². The van der Waals surface area contributed by atoms with E-state index in [1.165, 1.54) is 18.9 Å². The predicted octanol–water partition coefficient (Wildman–Crippen LogP) is 3.88. The molecule has 2 aliphatic rings. The Balaban J connectivity index is 1.55. The second kappa shape index (κ2) is 6.84. The number of urea groups is 1. The molecule has 2 aromatic carbocycles. The minimum absolute atomic E-state index is 0.0117. The molecule has 4 rings (SSSR count). The summed E-state index contributed by atoms with van der Waals surface area (Å²) < 4.78 is 13.9. The molecule has 130 valence electrons. The van der Waals surface area contributed by atoms with Crippen molar-refractivity contribution in [1.29, 1.82) is 0 Å². The zero-order valence-corrected chi connectivity index (χ0v) is 14.1. The zero-order valence-electron chi connectivity index (χ0n) is 14.1. The summed E-state index contributed by atoms with van der Waals surface area (Å²) in [4.78, 5) is 17.1. The van der Waals surface area contributed by atoms with Gasteiger partial charge in [-0.05, 0) is 30.5 Å². The lowest BCUT2D eigenvalue weighted by Gasteiger charge is -2.41. The van der Waals surface area contributed by atoms with Gasteiger partial charge in [0.15, 0.2) is 0 Å². The van der Waals surface area contributed by atoms with Crippen LogP contribution in [0.5, 0.6) is 0 Å². The molecule has 4 nitrogen and oxygen atoms in total. The van der Waals surface area contributed by atoms with Crippen molar-refractivity contribution < 1.29 is 9.18 Å². The molecule has 1 unspecified atom stereocenters. The first kappa shape index (κ1) is 16.1. The van der Waals surface area contributed by atoms with Gasteiger partial charge in [-0.15, -0.1) is 0 Å². The van der Waals surface area contributed by atoms with Gasteiger partial charge in [-0.3, -0.25) is 4.90 Å². The van der Waals surface area contributed by atoms with Crippen molar-refractivity contribution in [2.75, 3.05) is 25.0 Å². The van der Waals surface area contributed by atoms with Crippen LogP contribution in [0.3, 0.4) is 0 Å². The Morgan fingerprint density at radius 2 is 1.72 bits per heavy atom. The fourth-order valence-electron chi connectivity index (χ4n) is 3.53. The summed E-state index contributed by atoms with van der Waals surface area (Å²) in [6, 6.07) is 16.8. The van der Waals surface area contributed by atoms with Crippen LogP contribution in [-0.2, 0) is 0 Å². The number of rotatable bonds is 3. The second-order valence-corrected chi connectivity index (χ2v) is 6.76. The molecule has 1 aliphatic carbocycles. The largest absolute Gasteiger partial charge is 0.322 e. The summed E-state index contributed by atoms with van der Waals surface area (Å²) in [6.07, 6.45) is 2.51. The van der Waals surface area contributed by atoms with Gasteiger partial charge in [-0.2, -0.15) is 0 Å². The average molecular weight is 339 g/mol. The lowest BCUT2D eigenvalue weighted by molar-refractivity contribution is 0.0954. The molecule has 5 heteroatoms. The maximum absolute atomic E-state index is 13.9. The number of para-hydroxylation sites is 1. The van der Waals surface area contributed by atoms with Crippen LogP contribution in [0, 0.1) is 5.82 Å². The molecule has 1 aliphatic heterocycles. The van der Waals surface area contributed by atoms with Gasteiger partial charge >= 0.3 is 6.03 Å². The number of hydrogen-bond acceptors (Lipinski definition) is 2. The number of benzene rings is 2. The molecule has 1 atom stereocenters. The van der Waals surface area contributed by atoms with Gasteiger partial charge in [0, 0.05) is 25.7 Å². The Kier molecular flexibility index (Phi) is 4.40. The predicted molar refractivity (Wildman–Crippen MR) is 95.9 cm³/mol. The van der Waals surface area contributed by atoms with Crippen molar-refractivity contribution in [1.82, 2.24) is 9.80 Å². The van der Waals surface area contributed by atoms with Gasteiger partial charge in [0.25, 0.3) is 0 Å². The van der Waals surface area contributed by atoms with Gasteiger partial charge in [0.1, 0.15) is 5.82 Å². The van der Waals surface area contributed by atoms with Crippen LogP contribution < -0.4 is 5.32 Å². The Labute approximate surface area is 147 Å². The number of anilines is 1. The minimum atomic E-state index is -0.413. The van der Waals surface area contributed by atoms with Crippen molar-refractivity contribution in [3.63, 3.8) is 0 Å². The van der Waals surface area contributed by atoms with Gasteiger partial charge in [-0.1, -0.05) is 42.5 Å². The molecule has 0 aromatic heterocycles. The summed E-state index contributed by atoms with van der Waals surface area (Å²) >= 11 is 0. The van der Waals surface area contributed by atoms with E-state index in [9.17, 15) is 9.18 Å². The molecule has 0 radical (unpaired) electrons. The van der Waals surface area contributed by atoms with E-state index >= 15 is 0 Å². The molecular formula is C20H22FN3O. The second-order valence-electron chi connectivity index (χ2n) is 6.76. The summed E-state index contributed by atoms with van der Waals surface area (Å²) in [5.41, 5.74) is 1.35. The standard InChI is InChI=1S/C20H22FN3O/c21-17-8-4-5-9-18(17)22-20(25)24-13-12-23(16-10-11-16)14-19(24)15-6-2-1-3-7-15/h1-9,16,19H,10-14H2,(H,22,25). The summed E-state index contributed by atoms with van der Waals surface area (Å²) in [5.74, 6) is -0.413. The van der Waals surface area contributed by atoms with Crippen molar-refractivity contribution in [3.05, 3.63) is 66.0 Å². The zero-order chi connectivity index (χ0) is 17.2. The summed E-state index contributed by atoms with van der Waals surface area (Å²) in [6.45, 7) is 2.36. The fourth-order valence-corrected chi connectivity index (χ4v) is 3.53. The van der Waals surface area contributed by atoms with E-state index in [4.69, 9.17) is 0 Å². The SMILES string of the molecule is O=C(Nc1ccccc1F)N1CCN(C2CC2)CC1c1ccccc1. The Bertz CT molecular complexity index is 748. The maximum atomic E-state index is 13.9. The lowest BCUT2D eigenvalue weighted by Crippen LogP contribution is -2.52. The van der Waals surface area contributed by atoms with E-state index in [0.717, 1.165) is 18.7 Å². The fraction of sp³-hybridized carbons (Fsp3) is 0.350. The third-order valence-electron chi connectivity index (χ3n) is 5.04. The molecule has 25 heavy (non-hydrogen) atoms. The highest BCUT2D eigenvalue weighted by molar-refractivity contribution is 5.89. The third-order valence-corrected chi connectivity index (χ3v) is 5.04. The van der Waals surface area contributed by atoms with Crippen LogP contribution in [0.1, 0.15) is 24.4 Å².